The lowest BCUT2D eigenvalue weighted by molar-refractivity contribution is 0.101. The summed E-state index contributed by atoms with van der Waals surface area (Å²) in [6.45, 7) is 2.24. The molecule has 0 fully saturated rings. The summed E-state index contributed by atoms with van der Waals surface area (Å²) in [4.78, 5) is 13.4. The molecule has 4 heteroatoms. The molecule has 0 bridgehead atoms. The number of rotatable bonds is 4. The van der Waals surface area contributed by atoms with Crippen LogP contribution >= 0.6 is 15.9 Å². The van der Waals surface area contributed by atoms with Crippen molar-refractivity contribution in [1.82, 2.24) is 0 Å². The highest BCUT2D eigenvalue weighted by molar-refractivity contribution is 9.10. The highest BCUT2D eigenvalue weighted by atomic mass is 79.9. The lowest BCUT2D eigenvalue weighted by Crippen LogP contribution is -2.17. The van der Waals surface area contributed by atoms with Gasteiger partial charge in [0.1, 0.15) is 0 Å². The molecule has 3 nitrogen and oxygen atoms in total. The van der Waals surface area contributed by atoms with Crippen molar-refractivity contribution in [1.29, 1.82) is 5.26 Å². The van der Waals surface area contributed by atoms with Crippen LogP contribution in [-0.2, 0) is 6.54 Å². The van der Waals surface area contributed by atoms with E-state index in [2.05, 4.69) is 26.9 Å². The quantitative estimate of drug-likeness (QED) is 0.783. The Morgan fingerprint density at radius 3 is 2.67 bits per heavy atom. The average molecular weight is 343 g/mol. The van der Waals surface area contributed by atoms with Crippen LogP contribution in [0.15, 0.2) is 46.9 Å². The minimum Gasteiger partial charge on any atom is -0.369 e. The monoisotopic (exact) mass is 342 g/mol. The maximum atomic E-state index is 11.4. The molecule has 0 aliphatic rings. The molecule has 0 heterocycles. The van der Waals surface area contributed by atoms with Gasteiger partial charge in [-0.3, -0.25) is 4.79 Å². The van der Waals surface area contributed by atoms with Gasteiger partial charge in [0.15, 0.2) is 5.78 Å². The van der Waals surface area contributed by atoms with Gasteiger partial charge in [0.25, 0.3) is 0 Å². The number of hydrogen-bond acceptors (Lipinski definition) is 3. The van der Waals surface area contributed by atoms with E-state index in [9.17, 15) is 4.79 Å². The van der Waals surface area contributed by atoms with Crippen LogP contribution in [0.5, 0.6) is 0 Å². The zero-order valence-corrected chi connectivity index (χ0v) is 13.5. The third-order valence-corrected chi connectivity index (χ3v) is 3.88. The maximum absolute atomic E-state index is 11.4. The second-order valence-electron chi connectivity index (χ2n) is 4.89. The summed E-state index contributed by atoms with van der Waals surface area (Å²) in [5, 5.41) is 8.94. The van der Waals surface area contributed by atoms with Crippen molar-refractivity contribution in [2.24, 2.45) is 0 Å². The number of benzene rings is 2. The van der Waals surface area contributed by atoms with Crippen molar-refractivity contribution in [2.45, 2.75) is 13.5 Å². The molecule has 0 spiro atoms. The Balaban J connectivity index is 2.22. The second-order valence-corrected chi connectivity index (χ2v) is 5.74. The molecule has 2 aromatic carbocycles. The van der Waals surface area contributed by atoms with Gasteiger partial charge in [0.2, 0.25) is 0 Å². The van der Waals surface area contributed by atoms with Crippen molar-refractivity contribution in [3.63, 3.8) is 0 Å². The van der Waals surface area contributed by atoms with Gasteiger partial charge in [0.05, 0.1) is 17.3 Å². The Labute approximate surface area is 132 Å². The molecular weight excluding hydrogens is 328 g/mol. The summed E-state index contributed by atoms with van der Waals surface area (Å²) >= 11 is 3.51. The number of nitriles is 1. The van der Waals surface area contributed by atoms with Crippen molar-refractivity contribution in [3.8, 4) is 6.07 Å². The molecule has 0 aromatic heterocycles. The molecule has 2 aromatic rings. The number of carbonyl (C=O) groups is 1. The lowest BCUT2D eigenvalue weighted by atomic mass is 10.1. The molecule has 0 aliphatic carbocycles. The summed E-state index contributed by atoms with van der Waals surface area (Å²) in [6, 6.07) is 15.3. The van der Waals surface area contributed by atoms with Crippen molar-refractivity contribution >= 4 is 27.4 Å². The Bertz CT molecular complexity index is 719. The number of ketones is 1. The van der Waals surface area contributed by atoms with Crippen LogP contribution in [-0.4, -0.2) is 12.8 Å². The topological polar surface area (TPSA) is 44.1 Å². The Kier molecular flexibility index (Phi) is 4.77. The molecule has 0 radical (unpaired) electrons. The number of Topliss-reactive ketones (excluding diaryl/α,β-unsaturated/α-hetero) is 1. The number of anilines is 1. The summed E-state index contributed by atoms with van der Waals surface area (Å²) in [5.74, 6) is 0.0478. The van der Waals surface area contributed by atoms with E-state index in [4.69, 9.17) is 5.26 Å². The van der Waals surface area contributed by atoms with Crippen LogP contribution < -0.4 is 4.90 Å². The first-order valence-electron chi connectivity index (χ1n) is 6.52. The predicted molar refractivity (Wildman–Crippen MR) is 87.4 cm³/mol. The zero-order chi connectivity index (χ0) is 15.4. The van der Waals surface area contributed by atoms with E-state index in [0.717, 1.165) is 15.7 Å². The molecule has 106 valence electrons. The van der Waals surface area contributed by atoms with Crippen LogP contribution in [0.3, 0.4) is 0 Å². The molecule has 0 saturated heterocycles. The van der Waals surface area contributed by atoms with Gasteiger partial charge < -0.3 is 4.90 Å². The largest absolute Gasteiger partial charge is 0.369 e. The Morgan fingerprint density at radius 1 is 1.29 bits per heavy atom. The van der Waals surface area contributed by atoms with Gasteiger partial charge in [0, 0.05) is 23.6 Å². The minimum atomic E-state index is 0.0478. The van der Waals surface area contributed by atoms with Gasteiger partial charge in [-0.1, -0.05) is 12.1 Å². The van der Waals surface area contributed by atoms with Crippen molar-refractivity contribution < 1.29 is 4.79 Å². The molecule has 0 unspecified atom stereocenters. The number of hydrogen-bond donors (Lipinski definition) is 0. The van der Waals surface area contributed by atoms with Crippen LogP contribution in [0.25, 0.3) is 0 Å². The summed E-state index contributed by atoms with van der Waals surface area (Å²) in [5.41, 5.74) is 3.42. The van der Waals surface area contributed by atoms with Crippen LogP contribution in [0.1, 0.15) is 28.4 Å². The van der Waals surface area contributed by atoms with E-state index in [-0.39, 0.29) is 5.78 Å². The van der Waals surface area contributed by atoms with Gasteiger partial charge in [-0.15, -0.1) is 0 Å². The zero-order valence-electron chi connectivity index (χ0n) is 11.9. The van der Waals surface area contributed by atoms with E-state index in [1.807, 2.05) is 43.4 Å². The van der Waals surface area contributed by atoms with E-state index in [1.54, 1.807) is 13.0 Å². The smallest absolute Gasteiger partial charge is 0.159 e. The minimum absolute atomic E-state index is 0.0478. The third kappa shape index (κ3) is 3.71. The first-order valence-corrected chi connectivity index (χ1v) is 7.31. The highest BCUT2D eigenvalue weighted by Crippen LogP contribution is 2.28. The molecule has 0 aliphatic heterocycles. The van der Waals surface area contributed by atoms with Crippen molar-refractivity contribution in [3.05, 3.63) is 63.6 Å². The fourth-order valence-electron chi connectivity index (χ4n) is 2.13. The standard InChI is InChI=1S/C17H15BrN2O/c1-12(21)15-6-7-17(16(18)9-15)20(2)11-14-5-3-4-13(8-14)10-19/h3-9H,11H2,1-2H3. The van der Waals surface area contributed by atoms with Gasteiger partial charge >= 0.3 is 0 Å². The second kappa shape index (κ2) is 6.55. The molecule has 0 N–H and O–H groups in total. The van der Waals surface area contributed by atoms with E-state index in [1.165, 1.54) is 0 Å². The first kappa shape index (κ1) is 15.3. The third-order valence-electron chi connectivity index (χ3n) is 3.24. The molecule has 0 amide bonds. The number of halogens is 1. The van der Waals surface area contributed by atoms with Crippen LogP contribution in [0.2, 0.25) is 0 Å². The maximum Gasteiger partial charge on any atom is 0.159 e. The fourth-order valence-corrected chi connectivity index (χ4v) is 2.82. The lowest BCUT2D eigenvalue weighted by Gasteiger charge is -2.21. The first-order chi connectivity index (χ1) is 10.0. The van der Waals surface area contributed by atoms with Crippen LogP contribution in [0, 0.1) is 11.3 Å². The molecular formula is C17H15BrN2O. The van der Waals surface area contributed by atoms with E-state index < -0.39 is 0 Å². The summed E-state index contributed by atoms with van der Waals surface area (Å²) in [7, 11) is 1.98. The normalized spacial score (nSPS) is 10.0. The summed E-state index contributed by atoms with van der Waals surface area (Å²) < 4.78 is 0.883. The highest BCUT2D eigenvalue weighted by Gasteiger charge is 2.09. The van der Waals surface area contributed by atoms with Gasteiger partial charge in [-0.05, 0) is 58.7 Å². The van der Waals surface area contributed by atoms with E-state index in [0.29, 0.717) is 17.7 Å². The molecule has 0 saturated carbocycles. The average Bonchev–Trinajstić information content (AvgIpc) is 2.47. The predicted octanol–water partition coefficient (Wildman–Crippen LogP) is 4.16. The number of carbonyl (C=O) groups excluding carboxylic acids is 1. The van der Waals surface area contributed by atoms with E-state index >= 15 is 0 Å². The SMILES string of the molecule is CC(=O)c1ccc(N(C)Cc2cccc(C#N)c2)c(Br)c1. The fraction of sp³-hybridized carbons (Fsp3) is 0.176. The van der Waals surface area contributed by atoms with Gasteiger partial charge in [-0.2, -0.15) is 5.26 Å². The Morgan fingerprint density at radius 2 is 2.05 bits per heavy atom. The van der Waals surface area contributed by atoms with Gasteiger partial charge in [-0.25, -0.2) is 0 Å². The molecule has 2 rings (SSSR count). The molecule has 0 atom stereocenters. The summed E-state index contributed by atoms with van der Waals surface area (Å²) in [6.07, 6.45) is 0. The molecule has 21 heavy (non-hydrogen) atoms. The van der Waals surface area contributed by atoms with Crippen molar-refractivity contribution in [2.75, 3.05) is 11.9 Å². The van der Waals surface area contributed by atoms with Crippen LogP contribution in [0.4, 0.5) is 5.69 Å². The Hall–Kier alpha value is -2.12. The number of nitrogens with zero attached hydrogens (tertiary/aromatic N) is 2.